The summed E-state index contributed by atoms with van der Waals surface area (Å²) in [5, 5.41) is 0.771. The Hall–Kier alpha value is -2.35. The molecule has 0 atom stereocenters. The quantitative estimate of drug-likeness (QED) is 0.496. The number of rotatable bonds is 8. The molecule has 1 aromatic heterocycles. The number of benzene rings is 2. The van der Waals surface area contributed by atoms with Crippen LogP contribution in [0.1, 0.15) is 51.1 Å². The van der Waals surface area contributed by atoms with E-state index in [1.807, 2.05) is 54.6 Å². The van der Waals surface area contributed by atoms with Crippen LogP contribution in [0.3, 0.4) is 0 Å². The van der Waals surface area contributed by atoms with Crippen molar-refractivity contribution in [1.82, 2.24) is 4.98 Å². The van der Waals surface area contributed by atoms with Gasteiger partial charge in [-0.2, -0.15) is 0 Å². The van der Waals surface area contributed by atoms with Gasteiger partial charge in [0.1, 0.15) is 0 Å². The topological polar surface area (TPSA) is 32.9 Å². The molecule has 0 aliphatic carbocycles. The standard InChI is InChI=1S/C23H27NO/c1-2-3-4-5-6-10-17-21-22(18-13-8-7-9-14-18)23(25)19-15-11-12-16-20(19)24-21/h7-9,11-16H,2-6,10,17H2,1H3,(H,24,25). The molecule has 25 heavy (non-hydrogen) atoms. The smallest absolute Gasteiger partial charge is 0.197 e. The first-order valence-electron chi connectivity index (χ1n) is 9.50. The Morgan fingerprint density at radius 2 is 1.48 bits per heavy atom. The van der Waals surface area contributed by atoms with Crippen LogP contribution in [-0.2, 0) is 6.42 Å². The minimum absolute atomic E-state index is 0.140. The predicted molar refractivity (Wildman–Crippen MR) is 107 cm³/mol. The van der Waals surface area contributed by atoms with Gasteiger partial charge in [0.2, 0.25) is 0 Å². The van der Waals surface area contributed by atoms with Crippen molar-refractivity contribution < 1.29 is 0 Å². The molecular formula is C23H27NO. The summed E-state index contributed by atoms with van der Waals surface area (Å²) in [7, 11) is 0. The van der Waals surface area contributed by atoms with E-state index in [0.29, 0.717) is 0 Å². The van der Waals surface area contributed by atoms with Gasteiger partial charge in [0.15, 0.2) is 5.43 Å². The highest BCUT2D eigenvalue weighted by atomic mass is 16.1. The third kappa shape index (κ3) is 4.19. The van der Waals surface area contributed by atoms with Crippen molar-refractivity contribution in [3.63, 3.8) is 0 Å². The summed E-state index contributed by atoms with van der Waals surface area (Å²) in [6.07, 6.45) is 8.47. The number of nitrogens with one attached hydrogen (secondary N) is 1. The molecule has 2 nitrogen and oxygen atoms in total. The number of aryl methyl sites for hydroxylation is 1. The first kappa shape index (κ1) is 17.5. The molecule has 0 radical (unpaired) electrons. The van der Waals surface area contributed by atoms with E-state index in [1.54, 1.807) is 0 Å². The Kier molecular flexibility index (Phi) is 6.05. The van der Waals surface area contributed by atoms with E-state index in [1.165, 1.54) is 32.1 Å². The molecule has 0 bridgehead atoms. The molecular weight excluding hydrogens is 306 g/mol. The van der Waals surface area contributed by atoms with Crippen LogP contribution in [0.4, 0.5) is 0 Å². The van der Waals surface area contributed by atoms with Crippen molar-refractivity contribution in [2.24, 2.45) is 0 Å². The first-order chi connectivity index (χ1) is 12.3. The van der Waals surface area contributed by atoms with Gasteiger partial charge in [-0.15, -0.1) is 0 Å². The Morgan fingerprint density at radius 1 is 0.800 bits per heavy atom. The van der Waals surface area contributed by atoms with Crippen LogP contribution in [0, 0.1) is 0 Å². The number of hydrogen-bond donors (Lipinski definition) is 1. The summed E-state index contributed by atoms with van der Waals surface area (Å²) < 4.78 is 0. The number of fused-ring (bicyclic) bond motifs is 1. The molecule has 3 rings (SSSR count). The van der Waals surface area contributed by atoms with Gasteiger partial charge < -0.3 is 4.98 Å². The minimum Gasteiger partial charge on any atom is -0.358 e. The van der Waals surface area contributed by atoms with E-state index < -0.39 is 0 Å². The SMILES string of the molecule is CCCCCCCCc1[nH]c2ccccc2c(=O)c1-c1ccccc1. The lowest BCUT2D eigenvalue weighted by molar-refractivity contribution is 0.605. The van der Waals surface area contributed by atoms with Crippen molar-refractivity contribution in [1.29, 1.82) is 0 Å². The largest absolute Gasteiger partial charge is 0.358 e. The first-order valence-corrected chi connectivity index (χ1v) is 9.50. The summed E-state index contributed by atoms with van der Waals surface area (Å²) in [4.78, 5) is 16.6. The molecule has 2 heteroatoms. The summed E-state index contributed by atoms with van der Waals surface area (Å²) in [5.74, 6) is 0. The molecule has 0 saturated carbocycles. The fraction of sp³-hybridized carbons (Fsp3) is 0.348. The van der Waals surface area contributed by atoms with Crippen LogP contribution in [0.5, 0.6) is 0 Å². The normalized spacial score (nSPS) is 11.1. The van der Waals surface area contributed by atoms with E-state index >= 15 is 0 Å². The van der Waals surface area contributed by atoms with Gasteiger partial charge >= 0.3 is 0 Å². The number of pyridine rings is 1. The van der Waals surface area contributed by atoms with E-state index in [9.17, 15) is 4.79 Å². The monoisotopic (exact) mass is 333 g/mol. The lowest BCUT2D eigenvalue weighted by Gasteiger charge is -2.12. The molecule has 0 spiro atoms. The van der Waals surface area contributed by atoms with E-state index in [-0.39, 0.29) is 5.43 Å². The summed E-state index contributed by atoms with van der Waals surface area (Å²) >= 11 is 0. The molecule has 2 aromatic carbocycles. The second-order valence-corrected chi connectivity index (χ2v) is 6.74. The molecule has 3 aromatic rings. The van der Waals surface area contributed by atoms with E-state index in [4.69, 9.17) is 0 Å². The lowest BCUT2D eigenvalue weighted by atomic mass is 9.97. The van der Waals surface area contributed by atoms with Crippen molar-refractivity contribution in [3.8, 4) is 11.1 Å². The van der Waals surface area contributed by atoms with Crippen LogP contribution < -0.4 is 5.43 Å². The highest BCUT2D eigenvalue weighted by molar-refractivity contribution is 5.84. The number of unbranched alkanes of at least 4 members (excludes halogenated alkanes) is 5. The molecule has 1 heterocycles. The lowest BCUT2D eigenvalue weighted by Crippen LogP contribution is -2.11. The molecule has 0 saturated heterocycles. The van der Waals surface area contributed by atoms with Crippen molar-refractivity contribution in [2.45, 2.75) is 51.9 Å². The number of H-pyrrole nitrogens is 1. The fourth-order valence-corrected chi connectivity index (χ4v) is 3.47. The van der Waals surface area contributed by atoms with Gasteiger partial charge in [0, 0.05) is 22.2 Å². The third-order valence-electron chi connectivity index (χ3n) is 4.83. The molecule has 0 unspecified atom stereocenters. The highest BCUT2D eigenvalue weighted by Crippen LogP contribution is 2.23. The van der Waals surface area contributed by atoms with E-state index in [2.05, 4.69) is 11.9 Å². The van der Waals surface area contributed by atoms with Gasteiger partial charge in [-0.1, -0.05) is 81.5 Å². The minimum atomic E-state index is 0.140. The van der Waals surface area contributed by atoms with Crippen LogP contribution in [0.2, 0.25) is 0 Å². The summed E-state index contributed by atoms with van der Waals surface area (Å²) in [6.45, 7) is 2.24. The molecule has 1 N–H and O–H groups in total. The maximum Gasteiger partial charge on any atom is 0.197 e. The zero-order valence-electron chi connectivity index (χ0n) is 15.1. The Bertz CT molecular complexity index is 864. The Labute approximate surface area is 149 Å². The zero-order chi connectivity index (χ0) is 17.5. The molecule has 130 valence electrons. The van der Waals surface area contributed by atoms with Gasteiger partial charge in [-0.3, -0.25) is 4.79 Å². The maximum atomic E-state index is 13.1. The van der Waals surface area contributed by atoms with Gasteiger partial charge in [-0.05, 0) is 30.5 Å². The number of para-hydroxylation sites is 1. The second-order valence-electron chi connectivity index (χ2n) is 6.74. The van der Waals surface area contributed by atoms with Crippen LogP contribution >= 0.6 is 0 Å². The average Bonchev–Trinajstić information content (AvgIpc) is 2.65. The molecule has 0 amide bonds. The van der Waals surface area contributed by atoms with Crippen molar-refractivity contribution in [3.05, 3.63) is 70.5 Å². The van der Waals surface area contributed by atoms with Crippen LogP contribution in [-0.4, -0.2) is 4.98 Å². The molecule has 0 fully saturated rings. The predicted octanol–water partition coefficient (Wildman–Crippen LogP) is 6.10. The third-order valence-corrected chi connectivity index (χ3v) is 4.83. The summed E-state index contributed by atoms with van der Waals surface area (Å²) in [5.41, 5.74) is 4.00. The summed E-state index contributed by atoms with van der Waals surface area (Å²) in [6, 6.07) is 17.9. The van der Waals surface area contributed by atoms with Crippen molar-refractivity contribution >= 4 is 10.9 Å². The Morgan fingerprint density at radius 3 is 2.28 bits per heavy atom. The van der Waals surface area contributed by atoms with Crippen LogP contribution in [0.15, 0.2) is 59.4 Å². The van der Waals surface area contributed by atoms with Gasteiger partial charge in [0.25, 0.3) is 0 Å². The number of aromatic nitrogens is 1. The average molecular weight is 333 g/mol. The number of hydrogen-bond acceptors (Lipinski definition) is 1. The van der Waals surface area contributed by atoms with E-state index in [0.717, 1.165) is 40.6 Å². The Balaban J connectivity index is 1.91. The number of aromatic amines is 1. The fourth-order valence-electron chi connectivity index (χ4n) is 3.47. The molecule has 0 aliphatic rings. The van der Waals surface area contributed by atoms with Crippen molar-refractivity contribution in [2.75, 3.05) is 0 Å². The van der Waals surface area contributed by atoms with Gasteiger partial charge in [0.05, 0.1) is 0 Å². The maximum absolute atomic E-state index is 13.1. The van der Waals surface area contributed by atoms with Crippen LogP contribution in [0.25, 0.3) is 22.0 Å². The second kappa shape index (κ2) is 8.66. The zero-order valence-corrected chi connectivity index (χ0v) is 15.1. The van der Waals surface area contributed by atoms with Gasteiger partial charge in [-0.25, -0.2) is 0 Å². The highest BCUT2D eigenvalue weighted by Gasteiger charge is 2.13. The molecule has 0 aliphatic heterocycles.